The predicted molar refractivity (Wildman–Crippen MR) is 129 cm³/mol. The van der Waals surface area contributed by atoms with E-state index in [9.17, 15) is 0 Å². The molecule has 2 aliphatic rings. The van der Waals surface area contributed by atoms with Gasteiger partial charge in [-0.2, -0.15) is 5.10 Å². The number of fused-ring (bicyclic) bond motifs is 1. The highest BCUT2D eigenvalue weighted by atomic mass is 16.7. The van der Waals surface area contributed by atoms with Crippen LogP contribution in [0.3, 0.4) is 0 Å². The van der Waals surface area contributed by atoms with Gasteiger partial charge in [-0.05, 0) is 48.9 Å². The number of nitrogens with two attached hydrogens (primary N) is 1. The van der Waals surface area contributed by atoms with Gasteiger partial charge in [-0.1, -0.05) is 13.8 Å². The van der Waals surface area contributed by atoms with Gasteiger partial charge in [-0.15, -0.1) is 0 Å². The number of hydrogen-bond donors (Lipinski definition) is 2. The lowest BCUT2D eigenvalue weighted by Gasteiger charge is -2.36. The third kappa shape index (κ3) is 3.91. The molecule has 3 heterocycles. The quantitative estimate of drug-likeness (QED) is 0.551. The molecule has 8 heteroatoms. The van der Waals surface area contributed by atoms with Crippen molar-refractivity contribution in [2.45, 2.75) is 64.2 Å². The second-order valence-corrected chi connectivity index (χ2v) is 9.44. The monoisotopic (exact) mass is 451 g/mol. The number of nitrogens with one attached hydrogen (secondary N) is 1. The van der Waals surface area contributed by atoms with Crippen molar-refractivity contribution in [2.75, 3.05) is 31.4 Å². The van der Waals surface area contributed by atoms with Crippen molar-refractivity contribution in [3.8, 4) is 16.9 Å². The zero-order valence-corrected chi connectivity index (χ0v) is 19.9. The van der Waals surface area contributed by atoms with E-state index in [0.29, 0.717) is 30.8 Å². The molecular formula is C25H33N5O3. The van der Waals surface area contributed by atoms with Gasteiger partial charge in [0, 0.05) is 36.2 Å². The molecule has 8 nitrogen and oxygen atoms in total. The topological polar surface area (TPSA) is 95.9 Å². The van der Waals surface area contributed by atoms with Gasteiger partial charge in [-0.3, -0.25) is 0 Å². The molecule has 1 aliphatic carbocycles. The van der Waals surface area contributed by atoms with Crippen LogP contribution in [0.1, 0.15) is 56.6 Å². The first-order valence-corrected chi connectivity index (χ1v) is 11.8. The summed E-state index contributed by atoms with van der Waals surface area (Å²) in [5, 5.41) is 8.04. The summed E-state index contributed by atoms with van der Waals surface area (Å²) >= 11 is 0. The fraction of sp³-hybridized carbons (Fsp3) is 0.520. The van der Waals surface area contributed by atoms with E-state index >= 15 is 0 Å². The number of aromatic nitrogens is 3. The molecule has 2 fully saturated rings. The molecule has 33 heavy (non-hydrogen) atoms. The molecule has 0 atom stereocenters. The Bertz CT molecular complexity index is 1160. The van der Waals surface area contributed by atoms with Crippen LogP contribution in [0.2, 0.25) is 0 Å². The van der Waals surface area contributed by atoms with Crippen molar-refractivity contribution in [2.24, 2.45) is 0 Å². The molecule has 0 unspecified atom stereocenters. The van der Waals surface area contributed by atoms with Gasteiger partial charge in [0.25, 0.3) is 0 Å². The Morgan fingerprint density at radius 3 is 2.58 bits per heavy atom. The summed E-state index contributed by atoms with van der Waals surface area (Å²) in [5.74, 6) is 0.689. The summed E-state index contributed by atoms with van der Waals surface area (Å²) in [6, 6.07) is 4.64. The number of methoxy groups -OCH3 is 1. The van der Waals surface area contributed by atoms with Gasteiger partial charge >= 0.3 is 0 Å². The van der Waals surface area contributed by atoms with E-state index < -0.39 is 0 Å². The summed E-state index contributed by atoms with van der Waals surface area (Å²) < 4.78 is 19.2. The van der Waals surface area contributed by atoms with Crippen LogP contribution in [-0.4, -0.2) is 46.8 Å². The maximum Gasteiger partial charge on any atom is 0.198 e. The molecule has 3 N–H and O–H groups in total. The number of benzene rings is 1. The minimum absolute atomic E-state index is 0.313. The fourth-order valence-electron chi connectivity index (χ4n) is 5.21. The summed E-state index contributed by atoms with van der Waals surface area (Å²) in [5.41, 5.74) is 13.4. The first kappa shape index (κ1) is 22.0. The Morgan fingerprint density at radius 2 is 1.91 bits per heavy atom. The number of ether oxygens (including phenoxy) is 3. The number of nitrogen functional groups attached to an aromatic ring is 1. The molecule has 1 saturated carbocycles. The van der Waals surface area contributed by atoms with Crippen molar-refractivity contribution >= 4 is 17.0 Å². The SMILES string of the molecule is COc1c(C)c(-c2cc(N)c(NC3CCC4(CC3)OCCO4)cc2C(C)C)cn2ncnc12. The zero-order chi connectivity index (χ0) is 23.2. The Kier molecular flexibility index (Phi) is 5.66. The summed E-state index contributed by atoms with van der Waals surface area (Å²) in [6.07, 6.45) is 7.38. The second kappa shape index (κ2) is 8.50. The standard InChI is InChI=1S/C25H33N5O3/c1-15(2)18-12-22(29-17-5-7-25(8-6-17)32-9-10-33-25)21(26)11-19(18)20-13-30-24(27-14-28-30)23(31-4)16(20)3/h11-15,17,29H,5-10,26H2,1-4H3. The Hall–Kier alpha value is -2.84. The maximum absolute atomic E-state index is 6.60. The molecule has 1 aromatic carbocycles. The largest absolute Gasteiger partial charge is 0.492 e. The van der Waals surface area contributed by atoms with E-state index in [1.165, 1.54) is 5.56 Å². The van der Waals surface area contributed by atoms with Crippen LogP contribution in [0.5, 0.6) is 5.75 Å². The smallest absolute Gasteiger partial charge is 0.198 e. The molecule has 0 bridgehead atoms. The lowest BCUT2D eigenvalue weighted by molar-refractivity contribution is -0.177. The molecule has 0 radical (unpaired) electrons. The third-order valence-electron chi connectivity index (χ3n) is 7.03. The predicted octanol–water partition coefficient (Wildman–Crippen LogP) is 4.52. The van der Waals surface area contributed by atoms with E-state index in [1.54, 1.807) is 18.0 Å². The number of hydrogen-bond acceptors (Lipinski definition) is 7. The van der Waals surface area contributed by atoms with E-state index in [0.717, 1.165) is 59.5 Å². The number of pyridine rings is 1. The summed E-state index contributed by atoms with van der Waals surface area (Å²) in [7, 11) is 1.67. The van der Waals surface area contributed by atoms with Gasteiger partial charge in [-0.25, -0.2) is 9.50 Å². The van der Waals surface area contributed by atoms with E-state index in [2.05, 4.69) is 48.3 Å². The van der Waals surface area contributed by atoms with Crippen LogP contribution in [0.15, 0.2) is 24.7 Å². The molecule has 2 aromatic heterocycles. The van der Waals surface area contributed by atoms with Gasteiger partial charge in [0.1, 0.15) is 6.33 Å². The molecule has 5 rings (SSSR count). The third-order valence-corrected chi connectivity index (χ3v) is 7.03. The second-order valence-electron chi connectivity index (χ2n) is 9.44. The summed E-state index contributed by atoms with van der Waals surface area (Å²) in [6.45, 7) is 7.88. The zero-order valence-electron chi connectivity index (χ0n) is 19.9. The maximum atomic E-state index is 6.60. The van der Waals surface area contributed by atoms with Gasteiger partial charge in [0.2, 0.25) is 0 Å². The van der Waals surface area contributed by atoms with E-state index in [4.69, 9.17) is 19.9 Å². The van der Waals surface area contributed by atoms with Crippen LogP contribution >= 0.6 is 0 Å². The van der Waals surface area contributed by atoms with Crippen LogP contribution < -0.4 is 15.8 Å². The minimum Gasteiger partial charge on any atom is -0.492 e. The highest BCUT2D eigenvalue weighted by molar-refractivity contribution is 5.83. The van der Waals surface area contributed by atoms with Gasteiger partial charge in [0.15, 0.2) is 17.2 Å². The van der Waals surface area contributed by atoms with Crippen LogP contribution in [0, 0.1) is 6.92 Å². The molecular weight excluding hydrogens is 418 g/mol. The summed E-state index contributed by atoms with van der Waals surface area (Å²) in [4.78, 5) is 4.34. The lowest BCUT2D eigenvalue weighted by Crippen LogP contribution is -2.39. The average Bonchev–Trinajstić information content (AvgIpc) is 3.46. The Morgan fingerprint density at radius 1 is 1.18 bits per heavy atom. The molecule has 1 saturated heterocycles. The number of anilines is 2. The van der Waals surface area contributed by atoms with Crippen LogP contribution in [-0.2, 0) is 9.47 Å². The van der Waals surface area contributed by atoms with Gasteiger partial charge < -0.3 is 25.3 Å². The Labute approximate surface area is 194 Å². The van der Waals surface area contributed by atoms with Crippen LogP contribution in [0.4, 0.5) is 11.4 Å². The van der Waals surface area contributed by atoms with Crippen molar-refractivity contribution in [3.63, 3.8) is 0 Å². The van der Waals surface area contributed by atoms with Crippen molar-refractivity contribution in [1.82, 2.24) is 14.6 Å². The average molecular weight is 452 g/mol. The van der Waals surface area contributed by atoms with Crippen LogP contribution in [0.25, 0.3) is 16.8 Å². The molecule has 3 aromatic rings. The van der Waals surface area contributed by atoms with E-state index in [-0.39, 0.29) is 5.79 Å². The minimum atomic E-state index is -0.354. The van der Waals surface area contributed by atoms with Gasteiger partial charge in [0.05, 0.1) is 31.7 Å². The highest BCUT2D eigenvalue weighted by Gasteiger charge is 2.40. The number of rotatable bonds is 5. The van der Waals surface area contributed by atoms with Crippen molar-refractivity contribution < 1.29 is 14.2 Å². The molecule has 176 valence electrons. The van der Waals surface area contributed by atoms with Crippen molar-refractivity contribution in [1.29, 1.82) is 0 Å². The first-order valence-electron chi connectivity index (χ1n) is 11.8. The Balaban J connectivity index is 1.48. The first-order chi connectivity index (χ1) is 15.9. The normalized spacial score (nSPS) is 18.5. The molecule has 0 amide bonds. The van der Waals surface area contributed by atoms with E-state index in [1.807, 2.05) is 6.20 Å². The number of nitrogens with zero attached hydrogens (tertiary/aromatic N) is 3. The lowest BCUT2D eigenvalue weighted by atomic mass is 9.88. The molecule has 1 spiro atoms. The molecule has 1 aliphatic heterocycles. The van der Waals surface area contributed by atoms with Crippen molar-refractivity contribution in [3.05, 3.63) is 35.8 Å². The fourth-order valence-corrected chi connectivity index (χ4v) is 5.21. The highest BCUT2D eigenvalue weighted by Crippen LogP contribution is 2.41.